The topological polar surface area (TPSA) is 61.8 Å². The molecule has 0 unspecified atom stereocenters. The molecule has 25 heavy (non-hydrogen) atoms. The van der Waals surface area contributed by atoms with Crippen molar-refractivity contribution in [3.63, 3.8) is 0 Å². The Morgan fingerprint density at radius 2 is 1.92 bits per heavy atom. The van der Waals surface area contributed by atoms with Crippen molar-refractivity contribution < 1.29 is 9.53 Å². The molecule has 3 rings (SSSR count). The van der Waals surface area contributed by atoms with Crippen LogP contribution in [0, 0.1) is 0 Å². The zero-order valence-corrected chi connectivity index (χ0v) is 15.4. The summed E-state index contributed by atoms with van der Waals surface area (Å²) in [5, 5.41) is 0. The maximum atomic E-state index is 12.6. The molecule has 7 heteroatoms. The fraction of sp³-hybridized carbons (Fsp3) is 0.722. The molecule has 0 bridgehead atoms. The van der Waals surface area contributed by atoms with Gasteiger partial charge in [-0.05, 0) is 19.9 Å². The summed E-state index contributed by atoms with van der Waals surface area (Å²) in [5.74, 6) is 0.688. The summed E-state index contributed by atoms with van der Waals surface area (Å²) in [4.78, 5) is 27.6. The molecule has 7 nitrogen and oxygen atoms in total. The van der Waals surface area contributed by atoms with Crippen molar-refractivity contribution in [2.75, 3.05) is 58.4 Å². The second-order valence-corrected chi connectivity index (χ2v) is 7.01. The van der Waals surface area contributed by atoms with Crippen LogP contribution in [0.15, 0.2) is 12.4 Å². The van der Waals surface area contributed by atoms with Crippen LogP contribution in [0.2, 0.25) is 0 Å². The summed E-state index contributed by atoms with van der Waals surface area (Å²) < 4.78 is 5.30. The van der Waals surface area contributed by atoms with Gasteiger partial charge in [0.15, 0.2) is 0 Å². The van der Waals surface area contributed by atoms with E-state index < -0.39 is 0 Å². The van der Waals surface area contributed by atoms with Gasteiger partial charge in [-0.1, -0.05) is 12.8 Å². The fourth-order valence-electron chi connectivity index (χ4n) is 3.52. The number of amides is 1. The molecule has 2 heterocycles. The summed E-state index contributed by atoms with van der Waals surface area (Å²) in [6, 6.07) is 0.716. The number of hydrogen-bond acceptors (Lipinski definition) is 6. The SMILES string of the molecule is CN(CCN(C)C1CCCC1)c1cncc(C(=O)N2CCOCC2)n1. The minimum atomic E-state index is -0.0610. The lowest BCUT2D eigenvalue weighted by Crippen LogP contribution is -2.41. The van der Waals surface area contributed by atoms with Gasteiger partial charge in [0.25, 0.3) is 5.91 Å². The van der Waals surface area contributed by atoms with E-state index in [1.165, 1.54) is 25.7 Å². The Balaban J connectivity index is 1.57. The van der Waals surface area contributed by atoms with E-state index in [4.69, 9.17) is 4.74 Å². The number of carbonyl (C=O) groups excluding carboxylic acids is 1. The Labute approximate surface area is 150 Å². The highest BCUT2D eigenvalue weighted by Gasteiger charge is 2.22. The minimum Gasteiger partial charge on any atom is -0.378 e. The number of nitrogens with zero attached hydrogens (tertiary/aromatic N) is 5. The zero-order valence-electron chi connectivity index (χ0n) is 15.4. The molecule has 1 aliphatic heterocycles. The van der Waals surface area contributed by atoms with Gasteiger partial charge in [0.05, 0.1) is 25.6 Å². The van der Waals surface area contributed by atoms with Crippen LogP contribution >= 0.6 is 0 Å². The van der Waals surface area contributed by atoms with Crippen LogP contribution in [0.25, 0.3) is 0 Å². The van der Waals surface area contributed by atoms with Crippen LogP contribution in [0.1, 0.15) is 36.2 Å². The van der Waals surface area contributed by atoms with E-state index in [-0.39, 0.29) is 5.91 Å². The molecule has 1 amide bonds. The number of morpholine rings is 1. The highest BCUT2D eigenvalue weighted by Crippen LogP contribution is 2.22. The van der Waals surface area contributed by atoms with E-state index in [1.807, 2.05) is 7.05 Å². The monoisotopic (exact) mass is 347 g/mol. The maximum absolute atomic E-state index is 12.6. The van der Waals surface area contributed by atoms with Crippen LogP contribution in [0.5, 0.6) is 0 Å². The third kappa shape index (κ3) is 4.67. The van der Waals surface area contributed by atoms with E-state index in [2.05, 4.69) is 26.8 Å². The first-order chi connectivity index (χ1) is 12.1. The molecule has 1 saturated carbocycles. The summed E-state index contributed by atoms with van der Waals surface area (Å²) >= 11 is 0. The van der Waals surface area contributed by atoms with E-state index in [1.54, 1.807) is 17.3 Å². The van der Waals surface area contributed by atoms with Crippen LogP contribution in [-0.4, -0.2) is 85.2 Å². The Hall–Kier alpha value is -1.73. The Morgan fingerprint density at radius 3 is 2.64 bits per heavy atom. The van der Waals surface area contributed by atoms with E-state index in [0.29, 0.717) is 38.0 Å². The molecule has 2 fully saturated rings. The summed E-state index contributed by atoms with van der Waals surface area (Å²) in [6.45, 7) is 4.28. The first-order valence-corrected chi connectivity index (χ1v) is 9.25. The maximum Gasteiger partial charge on any atom is 0.274 e. The average Bonchev–Trinajstić information content (AvgIpc) is 3.21. The van der Waals surface area contributed by atoms with Crippen LogP contribution < -0.4 is 4.90 Å². The molecular weight excluding hydrogens is 318 g/mol. The van der Waals surface area contributed by atoms with Gasteiger partial charge >= 0.3 is 0 Å². The second kappa shape index (κ2) is 8.58. The second-order valence-electron chi connectivity index (χ2n) is 7.01. The summed E-state index contributed by atoms with van der Waals surface area (Å²) in [5.41, 5.74) is 0.412. The van der Waals surface area contributed by atoms with Crippen molar-refractivity contribution in [2.24, 2.45) is 0 Å². The van der Waals surface area contributed by atoms with Crippen LogP contribution in [0.3, 0.4) is 0 Å². The van der Waals surface area contributed by atoms with Crippen molar-refractivity contribution in [3.8, 4) is 0 Å². The van der Waals surface area contributed by atoms with Gasteiger partial charge in [0.1, 0.15) is 11.5 Å². The number of ether oxygens (including phenoxy) is 1. The molecule has 1 aromatic heterocycles. The smallest absolute Gasteiger partial charge is 0.274 e. The molecule has 0 aromatic carbocycles. The van der Waals surface area contributed by atoms with Crippen molar-refractivity contribution in [3.05, 3.63) is 18.1 Å². The summed E-state index contributed by atoms with van der Waals surface area (Å²) in [6.07, 6.45) is 8.60. The van der Waals surface area contributed by atoms with Crippen LogP contribution in [0.4, 0.5) is 5.82 Å². The molecular formula is C18H29N5O2. The lowest BCUT2D eigenvalue weighted by molar-refractivity contribution is 0.0299. The lowest BCUT2D eigenvalue weighted by Gasteiger charge is -2.28. The number of carbonyl (C=O) groups is 1. The van der Waals surface area contributed by atoms with E-state index in [0.717, 1.165) is 18.9 Å². The first kappa shape index (κ1) is 18.1. The normalized spacial score (nSPS) is 18.8. The zero-order chi connectivity index (χ0) is 17.6. The number of aromatic nitrogens is 2. The molecule has 0 N–H and O–H groups in total. The third-order valence-electron chi connectivity index (χ3n) is 5.27. The first-order valence-electron chi connectivity index (χ1n) is 9.25. The highest BCUT2D eigenvalue weighted by molar-refractivity contribution is 5.92. The molecule has 0 radical (unpaired) electrons. The van der Waals surface area contributed by atoms with Crippen molar-refractivity contribution in [1.82, 2.24) is 19.8 Å². The highest BCUT2D eigenvalue weighted by atomic mass is 16.5. The lowest BCUT2D eigenvalue weighted by atomic mass is 10.2. The van der Waals surface area contributed by atoms with E-state index in [9.17, 15) is 4.79 Å². The number of likely N-dealkylation sites (N-methyl/N-ethyl adjacent to an activating group) is 2. The van der Waals surface area contributed by atoms with Gasteiger partial charge in [0, 0.05) is 39.3 Å². The Kier molecular flexibility index (Phi) is 6.20. The van der Waals surface area contributed by atoms with Gasteiger partial charge in [-0.15, -0.1) is 0 Å². The summed E-state index contributed by atoms with van der Waals surface area (Å²) in [7, 11) is 4.21. The molecule has 0 atom stereocenters. The number of anilines is 1. The fourth-order valence-corrected chi connectivity index (χ4v) is 3.52. The third-order valence-corrected chi connectivity index (χ3v) is 5.27. The van der Waals surface area contributed by atoms with Gasteiger partial charge in [-0.2, -0.15) is 0 Å². The van der Waals surface area contributed by atoms with Crippen molar-refractivity contribution in [2.45, 2.75) is 31.7 Å². The predicted octanol–water partition coefficient (Wildman–Crippen LogP) is 1.26. The van der Waals surface area contributed by atoms with Gasteiger partial charge < -0.3 is 19.4 Å². The van der Waals surface area contributed by atoms with Crippen molar-refractivity contribution >= 4 is 11.7 Å². The largest absolute Gasteiger partial charge is 0.378 e. The number of hydrogen-bond donors (Lipinski definition) is 0. The molecule has 0 spiro atoms. The van der Waals surface area contributed by atoms with Crippen LogP contribution in [-0.2, 0) is 4.74 Å². The van der Waals surface area contributed by atoms with Gasteiger partial charge in [0.2, 0.25) is 0 Å². The van der Waals surface area contributed by atoms with Gasteiger partial charge in [-0.3, -0.25) is 9.78 Å². The number of rotatable bonds is 6. The van der Waals surface area contributed by atoms with Gasteiger partial charge in [-0.25, -0.2) is 4.98 Å². The Bertz CT molecular complexity index is 570. The quantitative estimate of drug-likeness (QED) is 0.772. The van der Waals surface area contributed by atoms with E-state index >= 15 is 0 Å². The standard InChI is InChI=1S/C18H29N5O2/c1-21(15-5-3-4-6-15)7-8-22(2)17-14-19-13-16(20-17)18(24)23-9-11-25-12-10-23/h13-15H,3-12H2,1-2H3. The average molecular weight is 347 g/mol. The molecule has 1 saturated heterocycles. The molecule has 1 aromatic rings. The molecule has 1 aliphatic carbocycles. The molecule has 2 aliphatic rings. The Morgan fingerprint density at radius 1 is 1.20 bits per heavy atom. The molecule has 138 valence electrons. The van der Waals surface area contributed by atoms with Crippen molar-refractivity contribution in [1.29, 1.82) is 0 Å². The predicted molar refractivity (Wildman–Crippen MR) is 96.9 cm³/mol. The minimum absolute atomic E-state index is 0.0610.